The van der Waals surface area contributed by atoms with Gasteiger partial charge in [-0.2, -0.15) is 0 Å². The molecule has 5 N–H and O–H groups in total. The highest BCUT2D eigenvalue weighted by molar-refractivity contribution is 5.95. The van der Waals surface area contributed by atoms with Crippen LogP contribution in [0.1, 0.15) is 54.1 Å². The summed E-state index contributed by atoms with van der Waals surface area (Å²) in [6.07, 6.45) is 4.98. The van der Waals surface area contributed by atoms with Crippen LogP contribution in [0, 0.1) is 5.92 Å². The van der Waals surface area contributed by atoms with Crippen LogP contribution in [-0.2, 0) is 0 Å². The van der Waals surface area contributed by atoms with E-state index in [1.807, 2.05) is 6.07 Å². The lowest BCUT2D eigenvalue weighted by molar-refractivity contribution is 0.0997. The van der Waals surface area contributed by atoms with E-state index in [-0.39, 0.29) is 11.3 Å². The molecule has 3 unspecified atom stereocenters. The molecule has 1 saturated carbocycles. The predicted molar refractivity (Wildman–Crippen MR) is 120 cm³/mol. The van der Waals surface area contributed by atoms with E-state index in [0.717, 1.165) is 25.8 Å². The minimum Gasteiger partial charge on any atom is -0.507 e. The lowest BCUT2D eigenvalue weighted by Crippen LogP contribution is -2.32. The van der Waals surface area contributed by atoms with E-state index in [2.05, 4.69) is 41.5 Å². The van der Waals surface area contributed by atoms with Gasteiger partial charge in [0.2, 0.25) is 0 Å². The zero-order valence-corrected chi connectivity index (χ0v) is 17.6. The van der Waals surface area contributed by atoms with Crippen LogP contribution in [0.25, 0.3) is 0 Å². The van der Waals surface area contributed by atoms with Crippen molar-refractivity contribution in [1.29, 1.82) is 0 Å². The van der Waals surface area contributed by atoms with Crippen LogP contribution in [0.5, 0.6) is 5.75 Å². The van der Waals surface area contributed by atoms with E-state index in [9.17, 15) is 15.0 Å². The fourth-order valence-corrected chi connectivity index (χ4v) is 4.29. The maximum absolute atomic E-state index is 11.4. The van der Waals surface area contributed by atoms with E-state index >= 15 is 0 Å². The minimum atomic E-state index is -0.757. The number of amides is 1. The quantitative estimate of drug-likeness (QED) is 0.500. The SMILES string of the molecule is CN(CC1CCCC(NCC(O)c2ccc(O)c(C(N)=O)c2)CC1)c1ccccc1. The highest BCUT2D eigenvalue weighted by Crippen LogP contribution is 2.26. The van der Waals surface area contributed by atoms with Crippen molar-refractivity contribution < 1.29 is 15.0 Å². The molecule has 0 aromatic heterocycles. The van der Waals surface area contributed by atoms with Crippen LogP contribution in [0.3, 0.4) is 0 Å². The van der Waals surface area contributed by atoms with Crippen molar-refractivity contribution in [3.63, 3.8) is 0 Å². The monoisotopic (exact) mass is 411 g/mol. The third kappa shape index (κ3) is 5.97. The maximum atomic E-state index is 11.4. The number of nitrogens with two attached hydrogens (primary N) is 1. The van der Waals surface area contributed by atoms with E-state index in [1.165, 1.54) is 30.7 Å². The summed E-state index contributed by atoms with van der Waals surface area (Å²) in [5, 5.41) is 23.7. The van der Waals surface area contributed by atoms with Gasteiger partial charge in [-0.1, -0.05) is 30.7 Å². The Kier molecular flexibility index (Phi) is 7.71. The summed E-state index contributed by atoms with van der Waals surface area (Å²) in [6.45, 7) is 1.46. The highest BCUT2D eigenvalue weighted by atomic mass is 16.3. The third-order valence-electron chi connectivity index (χ3n) is 6.09. The lowest BCUT2D eigenvalue weighted by atomic mass is 9.99. The molecule has 0 heterocycles. The summed E-state index contributed by atoms with van der Waals surface area (Å²) in [4.78, 5) is 13.7. The Balaban J connectivity index is 1.48. The number of hydrogen-bond acceptors (Lipinski definition) is 5. The van der Waals surface area contributed by atoms with Gasteiger partial charge < -0.3 is 26.2 Å². The second-order valence-electron chi connectivity index (χ2n) is 8.35. The fourth-order valence-electron chi connectivity index (χ4n) is 4.29. The first kappa shape index (κ1) is 22.1. The Bertz CT molecular complexity index is 828. The Morgan fingerprint density at radius 2 is 1.93 bits per heavy atom. The first-order chi connectivity index (χ1) is 14.4. The number of carbonyl (C=O) groups excluding carboxylic acids is 1. The molecule has 0 radical (unpaired) electrons. The van der Waals surface area contributed by atoms with Gasteiger partial charge in [-0.15, -0.1) is 0 Å². The average molecular weight is 412 g/mol. The molecule has 0 saturated heterocycles. The van der Waals surface area contributed by atoms with Crippen molar-refractivity contribution in [3.05, 3.63) is 59.7 Å². The average Bonchev–Trinajstić information content (AvgIpc) is 2.97. The van der Waals surface area contributed by atoms with Gasteiger partial charge >= 0.3 is 0 Å². The van der Waals surface area contributed by atoms with Crippen molar-refractivity contribution in [1.82, 2.24) is 5.32 Å². The summed E-state index contributed by atoms with van der Waals surface area (Å²) in [5.41, 5.74) is 7.14. The van der Waals surface area contributed by atoms with Crippen molar-refractivity contribution in [2.24, 2.45) is 11.7 Å². The topological polar surface area (TPSA) is 98.8 Å². The molecule has 0 aliphatic heterocycles. The molecule has 3 rings (SSSR count). The number of benzene rings is 2. The molecule has 1 fully saturated rings. The molecule has 1 aliphatic carbocycles. The van der Waals surface area contributed by atoms with E-state index in [0.29, 0.717) is 24.1 Å². The summed E-state index contributed by atoms with van der Waals surface area (Å²) in [5.74, 6) is -0.200. The standard InChI is InChI=1S/C24H33N3O3/c1-27(20-8-3-2-4-9-20)16-17-6-5-7-19(12-10-17)26-15-23(29)18-11-13-22(28)21(14-18)24(25)30/h2-4,8-9,11,13-14,17,19,23,26,28-29H,5-7,10,12,15-16H2,1H3,(H2,25,30). The smallest absolute Gasteiger partial charge is 0.252 e. The number of aliphatic hydroxyl groups is 1. The number of nitrogens with zero attached hydrogens (tertiary/aromatic N) is 1. The van der Waals surface area contributed by atoms with Crippen molar-refractivity contribution in [3.8, 4) is 5.75 Å². The molecule has 1 aliphatic rings. The first-order valence-electron chi connectivity index (χ1n) is 10.7. The second kappa shape index (κ2) is 10.5. The Labute approximate surface area is 178 Å². The molecule has 3 atom stereocenters. The van der Waals surface area contributed by atoms with Gasteiger partial charge in [0, 0.05) is 31.9 Å². The summed E-state index contributed by atoms with van der Waals surface area (Å²) < 4.78 is 0. The number of phenols is 1. The molecule has 30 heavy (non-hydrogen) atoms. The van der Waals surface area contributed by atoms with Crippen LogP contribution in [0.2, 0.25) is 0 Å². The Morgan fingerprint density at radius 3 is 2.67 bits per heavy atom. The zero-order valence-electron chi connectivity index (χ0n) is 17.6. The molecule has 2 aromatic rings. The predicted octanol–water partition coefficient (Wildman–Crippen LogP) is 3.20. The molecule has 0 spiro atoms. The molecular formula is C24H33N3O3. The van der Waals surface area contributed by atoms with Crippen molar-refractivity contribution in [2.45, 2.75) is 44.2 Å². The van der Waals surface area contributed by atoms with Gasteiger partial charge in [-0.05, 0) is 61.4 Å². The Hall–Kier alpha value is -2.57. The molecule has 6 nitrogen and oxygen atoms in total. The molecule has 162 valence electrons. The molecule has 2 aromatic carbocycles. The number of carbonyl (C=O) groups is 1. The number of primary amides is 1. The van der Waals surface area contributed by atoms with E-state index in [4.69, 9.17) is 5.73 Å². The zero-order chi connectivity index (χ0) is 21.5. The van der Waals surface area contributed by atoms with Crippen LogP contribution in [0.15, 0.2) is 48.5 Å². The van der Waals surface area contributed by atoms with Crippen LogP contribution < -0.4 is 16.0 Å². The van der Waals surface area contributed by atoms with Gasteiger partial charge in [-0.3, -0.25) is 4.79 Å². The third-order valence-corrected chi connectivity index (χ3v) is 6.09. The van der Waals surface area contributed by atoms with Crippen LogP contribution >= 0.6 is 0 Å². The molecular weight excluding hydrogens is 378 g/mol. The number of nitrogens with one attached hydrogen (secondary N) is 1. The van der Waals surface area contributed by atoms with Crippen molar-refractivity contribution >= 4 is 11.6 Å². The van der Waals surface area contributed by atoms with E-state index < -0.39 is 12.0 Å². The highest BCUT2D eigenvalue weighted by Gasteiger charge is 2.21. The largest absolute Gasteiger partial charge is 0.507 e. The number of hydrogen-bond donors (Lipinski definition) is 4. The van der Waals surface area contributed by atoms with Crippen LogP contribution in [0.4, 0.5) is 5.69 Å². The number of anilines is 1. The number of aliphatic hydroxyl groups excluding tert-OH is 1. The summed E-state index contributed by atoms with van der Waals surface area (Å²) in [6, 6.07) is 15.3. The maximum Gasteiger partial charge on any atom is 0.252 e. The van der Waals surface area contributed by atoms with Gasteiger partial charge in [0.05, 0.1) is 11.7 Å². The number of aromatic hydroxyl groups is 1. The molecule has 1 amide bonds. The summed E-state index contributed by atoms with van der Waals surface area (Å²) >= 11 is 0. The summed E-state index contributed by atoms with van der Waals surface area (Å²) in [7, 11) is 2.16. The first-order valence-corrected chi connectivity index (χ1v) is 10.7. The minimum absolute atomic E-state index is 0.0337. The molecule has 6 heteroatoms. The normalized spacial score (nSPS) is 20.3. The number of para-hydroxylation sites is 1. The van der Waals surface area contributed by atoms with E-state index in [1.54, 1.807) is 6.07 Å². The van der Waals surface area contributed by atoms with Gasteiger partial charge in [0.25, 0.3) is 5.91 Å². The fraction of sp³-hybridized carbons (Fsp3) is 0.458. The Morgan fingerprint density at radius 1 is 1.17 bits per heavy atom. The van der Waals surface area contributed by atoms with Crippen LogP contribution in [-0.4, -0.2) is 42.3 Å². The van der Waals surface area contributed by atoms with Gasteiger partial charge in [-0.25, -0.2) is 0 Å². The van der Waals surface area contributed by atoms with Gasteiger partial charge in [0.1, 0.15) is 5.75 Å². The second-order valence-corrected chi connectivity index (χ2v) is 8.35. The number of rotatable bonds is 8. The van der Waals surface area contributed by atoms with Gasteiger partial charge in [0.15, 0.2) is 0 Å². The van der Waals surface area contributed by atoms with Crippen molar-refractivity contribution in [2.75, 3.05) is 25.0 Å². The molecule has 0 bridgehead atoms. The lowest BCUT2D eigenvalue weighted by Gasteiger charge is -2.25.